The van der Waals surface area contributed by atoms with Crippen molar-refractivity contribution in [3.05, 3.63) is 0 Å². The van der Waals surface area contributed by atoms with Crippen LogP contribution in [0.2, 0.25) is 0 Å². The van der Waals surface area contributed by atoms with Crippen LogP contribution in [-0.4, -0.2) is 55.0 Å². The molecule has 1 heterocycles. The molecule has 1 unspecified atom stereocenters. The second-order valence-corrected chi connectivity index (χ2v) is 8.82. The van der Waals surface area contributed by atoms with E-state index in [4.69, 9.17) is 4.74 Å². The van der Waals surface area contributed by atoms with Crippen LogP contribution >= 0.6 is 0 Å². The zero-order valence-corrected chi connectivity index (χ0v) is 18.2. The number of hydrogen-bond donors (Lipinski definition) is 1. The van der Waals surface area contributed by atoms with Gasteiger partial charge in [-0.05, 0) is 6.42 Å². The monoisotopic (exact) mass is 384 g/mol. The van der Waals surface area contributed by atoms with E-state index in [9.17, 15) is 9.90 Å². The largest absolute Gasteiger partial charge is 0.481 e. The number of hydrogen-bond acceptors (Lipinski definition) is 2. The maximum atomic E-state index is 11.3. The molecule has 0 aromatic rings. The lowest BCUT2D eigenvalue weighted by Gasteiger charge is -2.43. The van der Waals surface area contributed by atoms with E-state index >= 15 is 0 Å². The van der Waals surface area contributed by atoms with Gasteiger partial charge in [-0.15, -0.1) is 0 Å². The van der Waals surface area contributed by atoms with Crippen molar-refractivity contribution >= 4 is 5.97 Å². The summed E-state index contributed by atoms with van der Waals surface area (Å²) in [4.78, 5) is 11.3. The average molecular weight is 385 g/mol. The van der Waals surface area contributed by atoms with Gasteiger partial charge in [0, 0.05) is 6.42 Å². The van der Waals surface area contributed by atoms with Crippen LogP contribution in [0.25, 0.3) is 0 Å². The summed E-state index contributed by atoms with van der Waals surface area (Å²) >= 11 is 0. The number of morpholine rings is 1. The van der Waals surface area contributed by atoms with E-state index in [1.807, 2.05) is 0 Å². The van der Waals surface area contributed by atoms with Crippen LogP contribution in [0.5, 0.6) is 0 Å². The van der Waals surface area contributed by atoms with Crippen LogP contribution in [0.15, 0.2) is 0 Å². The van der Waals surface area contributed by atoms with Crippen LogP contribution < -0.4 is 0 Å². The number of carboxylic acids is 1. The standard InChI is InChI=1S/C23H45NO3/c1-3-4-5-6-7-8-9-10-11-12-13-14-15-16-22(21-23(25)26)24(2)17-19-27-20-18-24/h22H,3-21H2,1-2H3/p+1. The molecule has 1 saturated heterocycles. The second-order valence-electron chi connectivity index (χ2n) is 8.82. The first-order valence-corrected chi connectivity index (χ1v) is 11.7. The molecule has 0 aromatic carbocycles. The van der Waals surface area contributed by atoms with Gasteiger partial charge in [0.25, 0.3) is 0 Å². The molecule has 4 nitrogen and oxygen atoms in total. The van der Waals surface area contributed by atoms with Crippen molar-refractivity contribution in [1.82, 2.24) is 0 Å². The van der Waals surface area contributed by atoms with E-state index < -0.39 is 5.97 Å². The highest BCUT2D eigenvalue weighted by molar-refractivity contribution is 5.67. The number of ether oxygens (including phenoxy) is 1. The Bertz CT molecular complexity index is 367. The van der Waals surface area contributed by atoms with E-state index in [2.05, 4.69) is 14.0 Å². The lowest BCUT2D eigenvalue weighted by Crippen LogP contribution is -2.58. The van der Waals surface area contributed by atoms with E-state index in [-0.39, 0.29) is 6.04 Å². The van der Waals surface area contributed by atoms with Gasteiger partial charge in [-0.2, -0.15) is 0 Å². The third-order valence-corrected chi connectivity index (χ3v) is 6.43. The topological polar surface area (TPSA) is 46.5 Å². The van der Waals surface area contributed by atoms with Crippen LogP contribution in [0.4, 0.5) is 0 Å². The highest BCUT2D eigenvalue weighted by Crippen LogP contribution is 2.23. The van der Waals surface area contributed by atoms with Gasteiger partial charge in [-0.1, -0.05) is 84.0 Å². The summed E-state index contributed by atoms with van der Waals surface area (Å²) in [7, 11) is 2.22. The molecule has 1 aliphatic heterocycles. The fourth-order valence-electron chi connectivity index (χ4n) is 4.36. The maximum absolute atomic E-state index is 11.3. The first kappa shape index (κ1) is 24.4. The van der Waals surface area contributed by atoms with Gasteiger partial charge in [-0.3, -0.25) is 4.79 Å². The van der Waals surface area contributed by atoms with Crippen molar-refractivity contribution < 1.29 is 19.1 Å². The lowest BCUT2D eigenvalue weighted by molar-refractivity contribution is -0.940. The first-order chi connectivity index (χ1) is 13.1. The molecule has 1 N–H and O–H groups in total. The SMILES string of the molecule is CCCCCCCCCCCCCCCC(CC(=O)O)[N+]1(C)CCOCC1. The number of carbonyl (C=O) groups is 1. The molecular weight excluding hydrogens is 338 g/mol. The van der Waals surface area contributed by atoms with Crippen molar-refractivity contribution in [2.24, 2.45) is 0 Å². The van der Waals surface area contributed by atoms with Crippen molar-refractivity contribution in [1.29, 1.82) is 0 Å². The number of quaternary nitrogens is 1. The van der Waals surface area contributed by atoms with Gasteiger partial charge in [0.2, 0.25) is 0 Å². The summed E-state index contributed by atoms with van der Waals surface area (Å²) in [5, 5.41) is 9.29. The number of rotatable bonds is 17. The molecule has 0 bridgehead atoms. The normalized spacial score (nSPS) is 17.7. The summed E-state index contributed by atoms with van der Waals surface area (Å²) in [6, 6.07) is 0.249. The van der Waals surface area contributed by atoms with Gasteiger partial charge in [0.05, 0.1) is 32.7 Å². The maximum Gasteiger partial charge on any atom is 0.309 e. The molecule has 0 spiro atoms. The molecule has 0 aliphatic carbocycles. The Hall–Kier alpha value is -0.610. The van der Waals surface area contributed by atoms with E-state index in [1.165, 1.54) is 83.5 Å². The van der Waals surface area contributed by atoms with Crippen molar-refractivity contribution in [3.63, 3.8) is 0 Å². The van der Waals surface area contributed by atoms with Crippen LogP contribution in [0.1, 0.15) is 103 Å². The Morgan fingerprint density at radius 2 is 1.30 bits per heavy atom. The molecule has 4 heteroatoms. The van der Waals surface area contributed by atoms with E-state index in [1.54, 1.807) is 0 Å². The Morgan fingerprint density at radius 1 is 0.852 bits per heavy atom. The summed E-state index contributed by atoms with van der Waals surface area (Å²) in [6.07, 6.45) is 19.0. The quantitative estimate of drug-likeness (QED) is 0.255. The first-order valence-electron chi connectivity index (χ1n) is 11.7. The minimum atomic E-state index is -0.652. The zero-order chi connectivity index (χ0) is 19.8. The van der Waals surface area contributed by atoms with Crippen molar-refractivity contribution in [2.45, 2.75) is 109 Å². The Kier molecular flexibility index (Phi) is 13.9. The molecule has 0 aromatic heterocycles. The number of likely N-dealkylation sites (N-methyl/N-ethyl adjacent to an activating group) is 1. The lowest BCUT2D eigenvalue weighted by atomic mass is 9.99. The smallest absolute Gasteiger partial charge is 0.309 e. The Morgan fingerprint density at radius 3 is 1.74 bits per heavy atom. The van der Waals surface area contributed by atoms with E-state index in [0.29, 0.717) is 6.42 Å². The summed E-state index contributed by atoms with van der Waals surface area (Å²) in [5.74, 6) is -0.652. The molecule has 0 saturated carbocycles. The van der Waals surface area contributed by atoms with Crippen molar-refractivity contribution in [2.75, 3.05) is 33.4 Å². The second kappa shape index (κ2) is 15.3. The van der Waals surface area contributed by atoms with Gasteiger partial charge >= 0.3 is 5.97 Å². The Labute approximate surface area is 168 Å². The molecule has 1 rings (SSSR count). The number of nitrogens with zero attached hydrogens (tertiary/aromatic N) is 1. The molecular formula is C23H46NO3+. The molecule has 27 heavy (non-hydrogen) atoms. The predicted octanol–water partition coefficient (Wildman–Crippen LogP) is 5.79. The molecule has 1 aliphatic rings. The molecule has 0 amide bonds. The highest BCUT2D eigenvalue weighted by atomic mass is 16.5. The van der Waals surface area contributed by atoms with Crippen molar-refractivity contribution in [3.8, 4) is 0 Å². The number of carboxylic acid groups (broad SMARTS) is 1. The molecule has 1 atom stereocenters. The third-order valence-electron chi connectivity index (χ3n) is 6.43. The van der Waals surface area contributed by atoms with Gasteiger partial charge in [0.15, 0.2) is 0 Å². The minimum Gasteiger partial charge on any atom is -0.481 e. The third kappa shape index (κ3) is 11.7. The summed E-state index contributed by atoms with van der Waals surface area (Å²) < 4.78 is 6.36. The fourth-order valence-corrected chi connectivity index (χ4v) is 4.36. The molecule has 1 fully saturated rings. The Balaban J connectivity index is 2.03. The van der Waals surface area contributed by atoms with Crippen LogP contribution in [0, 0.1) is 0 Å². The predicted molar refractivity (Wildman–Crippen MR) is 113 cm³/mol. The van der Waals surface area contributed by atoms with Gasteiger partial charge < -0.3 is 14.3 Å². The minimum absolute atomic E-state index is 0.249. The van der Waals surface area contributed by atoms with Crippen LogP contribution in [-0.2, 0) is 9.53 Å². The summed E-state index contributed by atoms with van der Waals surface area (Å²) in [5.41, 5.74) is 0. The molecule has 160 valence electrons. The number of unbranched alkanes of at least 4 members (excludes halogenated alkanes) is 12. The van der Waals surface area contributed by atoms with Crippen LogP contribution in [0.3, 0.4) is 0 Å². The molecule has 0 radical (unpaired) electrons. The fraction of sp³-hybridized carbons (Fsp3) is 0.957. The number of aliphatic carboxylic acids is 1. The van der Waals surface area contributed by atoms with E-state index in [0.717, 1.165) is 37.2 Å². The van der Waals surface area contributed by atoms with Gasteiger partial charge in [-0.25, -0.2) is 0 Å². The summed E-state index contributed by atoms with van der Waals surface area (Å²) in [6.45, 7) is 5.72. The zero-order valence-electron chi connectivity index (χ0n) is 18.2. The van der Waals surface area contributed by atoms with Gasteiger partial charge in [0.1, 0.15) is 13.1 Å². The highest BCUT2D eigenvalue weighted by Gasteiger charge is 2.35. The average Bonchev–Trinajstić information content (AvgIpc) is 2.65.